The fourth-order valence-electron chi connectivity index (χ4n) is 0.341. The molecule has 1 nitrogen and oxygen atoms in total. The van der Waals surface area contributed by atoms with Crippen molar-refractivity contribution in [3.63, 3.8) is 0 Å². The van der Waals surface area contributed by atoms with Crippen molar-refractivity contribution in [1.82, 2.24) is 0 Å². The molecule has 0 radical (unpaired) electrons. The van der Waals surface area contributed by atoms with E-state index in [2.05, 4.69) is 0 Å². The Morgan fingerprint density at radius 1 is 1.43 bits per heavy atom. The van der Waals surface area contributed by atoms with Crippen molar-refractivity contribution in [2.24, 2.45) is 0 Å². The van der Waals surface area contributed by atoms with Crippen LogP contribution in [0.3, 0.4) is 0 Å². The van der Waals surface area contributed by atoms with E-state index in [1.165, 1.54) is 0 Å². The van der Waals surface area contributed by atoms with Crippen molar-refractivity contribution in [3.05, 3.63) is 0 Å². The van der Waals surface area contributed by atoms with Crippen molar-refractivity contribution in [3.8, 4) is 0 Å². The number of unbranched alkanes of at least 4 members (excludes halogenated alkanes) is 1. The van der Waals surface area contributed by atoms with Crippen LogP contribution in [-0.4, -0.2) is 23.0 Å². The van der Waals surface area contributed by atoms with Gasteiger partial charge in [0.1, 0.15) is 10.5 Å². The topological polar surface area (TPSA) is 9.23 Å². The van der Waals surface area contributed by atoms with Crippen LogP contribution in [0.2, 0.25) is 0 Å². The van der Waals surface area contributed by atoms with Gasteiger partial charge in [-0.2, -0.15) is 0 Å². The van der Waals surface area contributed by atoms with Gasteiger partial charge < -0.3 is 4.43 Å². The van der Waals surface area contributed by atoms with Crippen LogP contribution in [0.5, 0.6) is 0 Å². The maximum absolute atomic E-state index is 5.39. The van der Waals surface area contributed by atoms with Gasteiger partial charge in [-0.1, -0.05) is 0 Å². The molecule has 0 saturated heterocycles. The Morgan fingerprint density at radius 3 is 2.57 bits per heavy atom. The molecule has 0 aromatic rings. The summed E-state index contributed by atoms with van der Waals surface area (Å²) in [6.07, 6.45) is 2.21. The summed E-state index contributed by atoms with van der Waals surface area (Å²) in [5.74, 6) is 0.769. The summed E-state index contributed by atoms with van der Waals surface area (Å²) in [5, 5.41) is 0. The first kappa shape index (κ1) is 7.47. The Morgan fingerprint density at radius 2 is 2.14 bits per heavy atom. The normalized spacial score (nSPS) is 9.86. The predicted octanol–water partition coefficient (Wildman–Crippen LogP) is 0.302. The van der Waals surface area contributed by atoms with Gasteiger partial charge in [-0.05, 0) is 12.8 Å². The highest BCUT2D eigenvalue weighted by atomic mass is 35.5. The number of halogens is 1. The molecule has 7 heavy (non-hydrogen) atoms. The van der Waals surface area contributed by atoms with Gasteiger partial charge in [0, 0.05) is 12.5 Å². The molecule has 0 aliphatic carbocycles. The molecule has 0 unspecified atom stereocenters. The Hall–Kier alpha value is 0.467. The van der Waals surface area contributed by atoms with Crippen molar-refractivity contribution in [2.75, 3.05) is 12.5 Å². The molecule has 0 atom stereocenters. The average molecular weight is 139 g/mol. The smallest absolute Gasteiger partial charge is 0.145 e. The first-order valence-electron chi connectivity index (χ1n) is 2.46. The van der Waals surface area contributed by atoms with Gasteiger partial charge in [0.2, 0.25) is 0 Å². The van der Waals surface area contributed by atoms with E-state index in [0.29, 0.717) is 0 Å². The molecule has 0 fully saturated rings. The molecule has 0 N–H and O–H groups in total. The van der Waals surface area contributed by atoms with E-state index in [0.717, 1.165) is 35.8 Å². The first-order valence-corrected chi connectivity index (χ1v) is 3.82. The highest BCUT2D eigenvalue weighted by Crippen LogP contribution is 1.89. The highest BCUT2D eigenvalue weighted by Gasteiger charge is 1.80. The Kier molecular flexibility index (Phi) is 6.90. The summed E-state index contributed by atoms with van der Waals surface area (Å²) in [4.78, 5) is 0. The molecule has 0 aromatic carbocycles. The van der Waals surface area contributed by atoms with E-state index in [4.69, 9.17) is 16.0 Å². The maximum atomic E-state index is 5.39. The third-order valence-corrected chi connectivity index (χ3v) is 1.41. The van der Waals surface area contributed by atoms with Gasteiger partial charge in [-0.3, -0.25) is 0 Å². The van der Waals surface area contributed by atoms with Crippen LogP contribution >= 0.6 is 11.6 Å². The summed E-state index contributed by atoms with van der Waals surface area (Å²) in [6.45, 7) is 0.902. The summed E-state index contributed by atoms with van der Waals surface area (Å²) >= 11 is 5.39. The minimum atomic E-state index is 0.769. The van der Waals surface area contributed by atoms with E-state index in [1.807, 2.05) is 0 Å². The molecule has 0 spiro atoms. The Balaban J connectivity index is 2.45. The zero-order valence-electron chi connectivity index (χ0n) is 4.61. The number of hydrogen-bond acceptors (Lipinski definition) is 1. The molecular formula is C4H11ClOSi. The largest absolute Gasteiger partial charge is 0.428 e. The number of rotatable bonds is 4. The Labute approximate surface area is 52.5 Å². The minimum Gasteiger partial charge on any atom is -0.428 e. The van der Waals surface area contributed by atoms with Crippen LogP contribution in [0.1, 0.15) is 12.8 Å². The van der Waals surface area contributed by atoms with E-state index in [1.54, 1.807) is 0 Å². The van der Waals surface area contributed by atoms with Crippen LogP contribution in [0, 0.1) is 0 Å². The van der Waals surface area contributed by atoms with E-state index in [-0.39, 0.29) is 0 Å². The van der Waals surface area contributed by atoms with Crippen molar-refractivity contribution in [2.45, 2.75) is 12.8 Å². The lowest BCUT2D eigenvalue weighted by atomic mass is 10.4. The molecule has 44 valence electrons. The standard InChI is InChI=1S/C4H11ClOSi/c5-3-1-2-4-6-7/h1-4H2,7H3. The highest BCUT2D eigenvalue weighted by molar-refractivity contribution is 6.17. The number of hydrogen-bond donors (Lipinski definition) is 0. The molecule has 0 heterocycles. The van der Waals surface area contributed by atoms with Crippen molar-refractivity contribution >= 4 is 22.1 Å². The average Bonchev–Trinajstić information content (AvgIpc) is 1.69. The quantitative estimate of drug-likeness (QED) is 0.309. The third-order valence-electron chi connectivity index (χ3n) is 0.732. The van der Waals surface area contributed by atoms with Crippen LogP contribution in [0.4, 0.5) is 0 Å². The summed E-state index contributed by atoms with van der Waals surface area (Å²) in [5.41, 5.74) is 0. The zero-order chi connectivity index (χ0) is 5.54. The molecule has 0 aliphatic heterocycles. The van der Waals surface area contributed by atoms with Gasteiger partial charge in [-0.25, -0.2) is 0 Å². The van der Waals surface area contributed by atoms with Crippen molar-refractivity contribution < 1.29 is 4.43 Å². The monoisotopic (exact) mass is 138 g/mol. The van der Waals surface area contributed by atoms with Gasteiger partial charge in [0.25, 0.3) is 0 Å². The van der Waals surface area contributed by atoms with Gasteiger partial charge in [0.05, 0.1) is 0 Å². The summed E-state index contributed by atoms with van der Waals surface area (Å²) in [6, 6.07) is 0. The maximum Gasteiger partial charge on any atom is 0.145 e. The molecule has 0 aliphatic rings. The molecule has 0 rings (SSSR count). The van der Waals surface area contributed by atoms with Gasteiger partial charge in [0.15, 0.2) is 0 Å². The minimum absolute atomic E-state index is 0.769. The van der Waals surface area contributed by atoms with E-state index in [9.17, 15) is 0 Å². The van der Waals surface area contributed by atoms with Gasteiger partial charge >= 0.3 is 0 Å². The van der Waals surface area contributed by atoms with Crippen LogP contribution in [0.15, 0.2) is 0 Å². The summed E-state index contributed by atoms with van der Waals surface area (Å²) < 4.78 is 4.92. The fraction of sp³-hybridized carbons (Fsp3) is 1.00. The second-order valence-corrected chi connectivity index (χ2v) is 2.34. The first-order chi connectivity index (χ1) is 3.41. The Bertz CT molecular complexity index is 30.9. The summed E-state index contributed by atoms with van der Waals surface area (Å²) in [7, 11) is 0.863. The van der Waals surface area contributed by atoms with Crippen molar-refractivity contribution in [1.29, 1.82) is 0 Å². The lowest BCUT2D eigenvalue weighted by Crippen LogP contribution is -1.88. The lowest BCUT2D eigenvalue weighted by molar-refractivity contribution is 0.340. The van der Waals surface area contributed by atoms with Gasteiger partial charge in [-0.15, -0.1) is 11.6 Å². The number of alkyl halides is 1. The van der Waals surface area contributed by atoms with E-state index < -0.39 is 0 Å². The molecular weight excluding hydrogens is 128 g/mol. The predicted molar refractivity (Wildman–Crippen MR) is 35.8 cm³/mol. The third kappa shape index (κ3) is 6.47. The lowest BCUT2D eigenvalue weighted by Gasteiger charge is -1.92. The molecule has 0 bridgehead atoms. The van der Waals surface area contributed by atoms with Crippen LogP contribution < -0.4 is 0 Å². The molecule has 0 aromatic heterocycles. The fourth-order valence-corrected chi connectivity index (χ4v) is 0.819. The second kappa shape index (κ2) is 6.47. The van der Waals surface area contributed by atoms with Crippen LogP contribution in [-0.2, 0) is 4.43 Å². The van der Waals surface area contributed by atoms with Crippen LogP contribution in [0.25, 0.3) is 0 Å². The molecule has 3 heteroatoms. The molecule has 0 saturated carbocycles. The SMILES string of the molecule is [SiH3]OCCCCCl. The van der Waals surface area contributed by atoms with E-state index >= 15 is 0 Å². The second-order valence-electron chi connectivity index (χ2n) is 1.39. The zero-order valence-corrected chi connectivity index (χ0v) is 7.37. The molecule has 0 amide bonds.